The summed E-state index contributed by atoms with van der Waals surface area (Å²) in [6, 6.07) is 23.2. The Kier molecular flexibility index (Phi) is 5.46. The van der Waals surface area contributed by atoms with E-state index in [-0.39, 0.29) is 11.8 Å². The number of hydrogen-bond donors (Lipinski definition) is 2. The Hall–Kier alpha value is -4.84. The van der Waals surface area contributed by atoms with Gasteiger partial charge in [0, 0.05) is 49.0 Å². The lowest BCUT2D eigenvalue weighted by Crippen LogP contribution is -2.23. The molecule has 0 spiro atoms. The second-order valence-electron chi connectivity index (χ2n) is 8.74. The number of hydrogen-bond acceptors (Lipinski definition) is 4. The molecule has 0 aliphatic heterocycles. The van der Waals surface area contributed by atoms with Crippen LogP contribution in [0.5, 0.6) is 0 Å². The minimum absolute atomic E-state index is 0.131. The molecule has 1 aliphatic carbocycles. The van der Waals surface area contributed by atoms with Crippen molar-refractivity contribution >= 4 is 22.6 Å². The van der Waals surface area contributed by atoms with Gasteiger partial charge in [-0.3, -0.25) is 19.6 Å². The Morgan fingerprint density at radius 2 is 1.31 bits per heavy atom. The molecule has 6 heteroatoms. The molecule has 6 rings (SSSR count). The maximum absolute atomic E-state index is 13.1. The quantitative estimate of drug-likeness (QED) is 0.353. The first-order valence-corrected chi connectivity index (χ1v) is 11.7. The average molecular weight is 471 g/mol. The molecule has 0 saturated heterocycles. The predicted molar refractivity (Wildman–Crippen MR) is 139 cm³/mol. The summed E-state index contributed by atoms with van der Waals surface area (Å²) < 4.78 is 0. The van der Waals surface area contributed by atoms with Crippen molar-refractivity contribution in [3.05, 3.63) is 120 Å². The summed E-state index contributed by atoms with van der Waals surface area (Å²) in [7, 11) is 0. The van der Waals surface area contributed by atoms with E-state index in [1.807, 2.05) is 66.7 Å². The molecule has 2 N–H and O–H groups in total. The van der Waals surface area contributed by atoms with Crippen LogP contribution in [0.2, 0.25) is 0 Å². The summed E-state index contributed by atoms with van der Waals surface area (Å²) in [6.07, 6.45) is 6.90. The van der Waals surface area contributed by atoms with Gasteiger partial charge >= 0.3 is 0 Å². The first kappa shape index (κ1) is 21.7. The minimum atomic E-state index is -0.139. The van der Waals surface area contributed by atoms with Crippen LogP contribution in [-0.4, -0.2) is 21.8 Å². The highest BCUT2D eigenvalue weighted by molar-refractivity contribution is 6.20. The third-order valence-electron chi connectivity index (χ3n) is 6.50. The Balaban J connectivity index is 1.29. The van der Waals surface area contributed by atoms with Crippen molar-refractivity contribution in [3.8, 4) is 22.3 Å². The topological polar surface area (TPSA) is 84.0 Å². The van der Waals surface area contributed by atoms with Gasteiger partial charge in [-0.05, 0) is 74.5 Å². The van der Waals surface area contributed by atoms with Crippen LogP contribution < -0.4 is 10.6 Å². The SMILES string of the molecule is O=C(NCc1cccnc1)c1ccc2c(c1)-c1ccc(C(=O)NCc3cccnc3)c3cccc-2c13. The monoisotopic (exact) mass is 470 g/mol. The average Bonchev–Trinajstić information content (AvgIpc) is 3.26. The van der Waals surface area contributed by atoms with Gasteiger partial charge < -0.3 is 10.6 Å². The van der Waals surface area contributed by atoms with Crippen LogP contribution in [0.25, 0.3) is 33.0 Å². The molecule has 0 saturated carbocycles. The van der Waals surface area contributed by atoms with Gasteiger partial charge in [-0.2, -0.15) is 0 Å². The van der Waals surface area contributed by atoms with Crippen LogP contribution in [0.4, 0.5) is 0 Å². The molecule has 0 radical (unpaired) electrons. The molecule has 1 aliphatic rings. The highest BCUT2D eigenvalue weighted by Crippen LogP contribution is 2.48. The lowest BCUT2D eigenvalue weighted by Gasteiger charge is -2.10. The van der Waals surface area contributed by atoms with Gasteiger partial charge in [0.15, 0.2) is 0 Å². The van der Waals surface area contributed by atoms with E-state index in [1.165, 1.54) is 0 Å². The Bertz CT molecular complexity index is 1620. The van der Waals surface area contributed by atoms with E-state index in [1.54, 1.807) is 24.8 Å². The van der Waals surface area contributed by atoms with E-state index in [9.17, 15) is 9.59 Å². The summed E-state index contributed by atoms with van der Waals surface area (Å²) in [5.74, 6) is -0.269. The van der Waals surface area contributed by atoms with Crippen LogP contribution in [0, 0.1) is 0 Å². The van der Waals surface area contributed by atoms with Crippen LogP contribution in [0.3, 0.4) is 0 Å². The number of benzene rings is 3. The number of pyridine rings is 2. The molecule has 2 aromatic heterocycles. The molecule has 2 amide bonds. The molecule has 36 heavy (non-hydrogen) atoms. The Morgan fingerprint density at radius 1 is 0.639 bits per heavy atom. The number of rotatable bonds is 6. The molecule has 3 aromatic carbocycles. The van der Waals surface area contributed by atoms with Crippen LogP contribution in [0.15, 0.2) is 97.6 Å². The Labute approximate surface area is 208 Å². The van der Waals surface area contributed by atoms with Crippen molar-refractivity contribution < 1.29 is 9.59 Å². The smallest absolute Gasteiger partial charge is 0.252 e. The van der Waals surface area contributed by atoms with Crippen molar-refractivity contribution in [2.45, 2.75) is 13.1 Å². The summed E-state index contributed by atoms with van der Waals surface area (Å²) in [5.41, 5.74) is 7.27. The van der Waals surface area contributed by atoms with Crippen molar-refractivity contribution in [2.24, 2.45) is 0 Å². The lowest BCUT2D eigenvalue weighted by atomic mass is 9.98. The zero-order valence-electron chi connectivity index (χ0n) is 19.4. The number of amides is 2. The number of nitrogens with zero attached hydrogens (tertiary/aromatic N) is 2. The van der Waals surface area contributed by atoms with Crippen LogP contribution >= 0.6 is 0 Å². The van der Waals surface area contributed by atoms with Gasteiger partial charge in [-0.1, -0.05) is 42.5 Å². The molecule has 5 aromatic rings. The fraction of sp³-hybridized carbons (Fsp3) is 0.0667. The highest BCUT2D eigenvalue weighted by atomic mass is 16.2. The number of nitrogens with one attached hydrogen (secondary N) is 2. The summed E-state index contributed by atoms with van der Waals surface area (Å²) in [4.78, 5) is 34.2. The molecule has 0 atom stereocenters. The second-order valence-corrected chi connectivity index (χ2v) is 8.74. The number of aromatic nitrogens is 2. The molecular formula is C30H22N4O2. The number of carbonyl (C=O) groups is 2. The summed E-state index contributed by atoms with van der Waals surface area (Å²) in [5, 5.41) is 7.90. The van der Waals surface area contributed by atoms with Gasteiger partial charge in [0.05, 0.1) is 0 Å². The van der Waals surface area contributed by atoms with E-state index >= 15 is 0 Å². The largest absolute Gasteiger partial charge is 0.348 e. The van der Waals surface area contributed by atoms with Gasteiger partial charge in [0.2, 0.25) is 0 Å². The van der Waals surface area contributed by atoms with Crippen molar-refractivity contribution in [1.82, 2.24) is 20.6 Å². The van der Waals surface area contributed by atoms with Crippen molar-refractivity contribution in [1.29, 1.82) is 0 Å². The van der Waals surface area contributed by atoms with E-state index in [0.717, 1.165) is 44.2 Å². The first-order chi connectivity index (χ1) is 17.7. The fourth-order valence-corrected chi connectivity index (χ4v) is 4.76. The maximum Gasteiger partial charge on any atom is 0.252 e. The number of fused-ring (bicyclic) bond motifs is 3. The van der Waals surface area contributed by atoms with E-state index in [0.29, 0.717) is 24.2 Å². The van der Waals surface area contributed by atoms with Gasteiger partial charge in [-0.15, -0.1) is 0 Å². The minimum Gasteiger partial charge on any atom is -0.348 e. The summed E-state index contributed by atoms with van der Waals surface area (Å²) >= 11 is 0. The third-order valence-corrected chi connectivity index (χ3v) is 6.50. The van der Waals surface area contributed by atoms with Crippen molar-refractivity contribution in [2.75, 3.05) is 0 Å². The standard InChI is InChI=1S/C30H22N4O2/c35-29(33-17-19-4-2-12-31-15-19)21-8-9-22-23-6-1-7-24-26(11-10-25(28(23)24)27(22)14-21)30(36)34-18-20-5-3-13-32-16-20/h1-16H,17-18H2,(H,33,35)(H,34,36). The normalized spacial score (nSPS) is 11.2. The molecule has 6 nitrogen and oxygen atoms in total. The molecule has 174 valence electrons. The third kappa shape index (κ3) is 3.88. The summed E-state index contributed by atoms with van der Waals surface area (Å²) in [6.45, 7) is 0.824. The highest BCUT2D eigenvalue weighted by Gasteiger charge is 2.25. The zero-order valence-corrected chi connectivity index (χ0v) is 19.4. The predicted octanol–water partition coefficient (Wildman–Crippen LogP) is 5.14. The molecule has 0 bridgehead atoms. The van der Waals surface area contributed by atoms with E-state index in [4.69, 9.17) is 0 Å². The molecule has 0 fully saturated rings. The van der Waals surface area contributed by atoms with Gasteiger partial charge in [0.25, 0.3) is 11.8 Å². The van der Waals surface area contributed by atoms with Crippen molar-refractivity contribution in [3.63, 3.8) is 0 Å². The zero-order chi connectivity index (χ0) is 24.5. The van der Waals surface area contributed by atoms with E-state index in [2.05, 4.69) is 26.7 Å². The molecule has 0 unspecified atom stereocenters. The lowest BCUT2D eigenvalue weighted by molar-refractivity contribution is 0.0943. The van der Waals surface area contributed by atoms with Crippen LogP contribution in [0.1, 0.15) is 31.8 Å². The Morgan fingerprint density at radius 3 is 2.00 bits per heavy atom. The maximum atomic E-state index is 13.1. The fourth-order valence-electron chi connectivity index (χ4n) is 4.76. The van der Waals surface area contributed by atoms with E-state index < -0.39 is 0 Å². The number of carbonyl (C=O) groups excluding carboxylic acids is 2. The molecular weight excluding hydrogens is 448 g/mol. The first-order valence-electron chi connectivity index (χ1n) is 11.7. The van der Waals surface area contributed by atoms with Crippen LogP contribution in [-0.2, 0) is 13.1 Å². The molecule has 2 heterocycles. The van der Waals surface area contributed by atoms with Gasteiger partial charge in [0.1, 0.15) is 0 Å². The second kappa shape index (κ2) is 9.07. The van der Waals surface area contributed by atoms with Gasteiger partial charge in [-0.25, -0.2) is 0 Å².